The Morgan fingerprint density at radius 1 is 0.931 bits per heavy atom. The Morgan fingerprint density at radius 3 is 2.21 bits per heavy atom. The molecule has 0 aromatic heterocycles. The minimum Gasteiger partial charge on any atom is -0.334 e. The summed E-state index contributed by atoms with van der Waals surface area (Å²) >= 11 is 0. The van der Waals surface area contributed by atoms with Gasteiger partial charge in [-0.15, -0.1) is 0 Å². The molecule has 4 rings (SSSR count). The fourth-order valence-electron chi connectivity index (χ4n) is 4.57. The van der Waals surface area contributed by atoms with Crippen molar-refractivity contribution in [1.82, 2.24) is 9.21 Å². The summed E-state index contributed by atoms with van der Waals surface area (Å²) in [5.41, 5.74) is 3.01. The van der Waals surface area contributed by atoms with E-state index in [1.54, 1.807) is 28.6 Å². The largest absolute Gasteiger partial charge is 0.334 e. The number of benzene rings is 2. The van der Waals surface area contributed by atoms with Gasteiger partial charge in [-0.25, -0.2) is 8.42 Å². The lowest BCUT2D eigenvalue weighted by Crippen LogP contribution is -2.42. The number of carbonyl (C=O) groups is 1. The smallest absolute Gasteiger partial charge is 0.254 e. The van der Waals surface area contributed by atoms with Crippen LogP contribution in [0.25, 0.3) is 0 Å². The number of amides is 1. The third kappa shape index (κ3) is 4.09. The first-order valence-electron chi connectivity index (χ1n) is 10.3. The van der Waals surface area contributed by atoms with Gasteiger partial charge in [-0.2, -0.15) is 4.31 Å². The van der Waals surface area contributed by atoms with Crippen molar-refractivity contribution >= 4 is 15.9 Å². The minimum absolute atomic E-state index is 0.0522. The van der Waals surface area contributed by atoms with Crippen molar-refractivity contribution in [2.24, 2.45) is 11.8 Å². The molecular formula is C23H28N2O3S. The van der Waals surface area contributed by atoms with E-state index >= 15 is 0 Å². The zero-order chi connectivity index (χ0) is 20.6. The lowest BCUT2D eigenvalue weighted by atomic mass is 9.94. The number of carbonyl (C=O) groups excluding carboxylic acids is 1. The van der Waals surface area contributed by atoms with E-state index in [2.05, 4.69) is 26.0 Å². The highest BCUT2D eigenvalue weighted by atomic mass is 32.2. The lowest BCUT2D eigenvalue weighted by molar-refractivity contribution is 0.0734. The molecule has 1 fully saturated rings. The maximum Gasteiger partial charge on any atom is 0.254 e. The normalized spacial score (nSPS) is 22.9. The summed E-state index contributed by atoms with van der Waals surface area (Å²) in [5.74, 6) is 0.663. The first-order valence-corrected chi connectivity index (χ1v) is 11.7. The van der Waals surface area contributed by atoms with Gasteiger partial charge in [0.1, 0.15) is 0 Å². The Kier molecular flexibility index (Phi) is 5.49. The van der Waals surface area contributed by atoms with Crippen LogP contribution in [-0.2, 0) is 23.0 Å². The molecule has 0 bridgehead atoms. The number of sulfonamides is 1. The van der Waals surface area contributed by atoms with Crippen LogP contribution in [0.5, 0.6) is 0 Å². The zero-order valence-corrected chi connectivity index (χ0v) is 17.9. The molecule has 0 saturated carbocycles. The van der Waals surface area contributed by atoms with E-state index in [0.29, 0.717) is 43.6 Å². The fraction of sp³-hybridized carbons (Fsp3) is 0.435. The molecular weight excluding hydrogens is 384 g/mol. The highest BCUT2D eigenvalue weighted by Gasteiger charge is 2.32. The van der Waals surface area contributed by atoms with Crippen molar-refractivity contribution in [1.29, 1.82) is 0 Å². The van der Waals surface area contributed by atoms with Crippen LogP contribution in [0.15, 0.2) is 53.4 Å². The van der Waals surface area contributed by atoms with Crippen LogP contribution in [0.4, 0.5) is 0 Å². The number of hydrogen-bond donors (Lipinski definition) is 0. The molecule has 2 aliphatic heterocycles. The summed E-state index contributed by atoms with van der Waals surface area (Å²) in [5, 5.41) is 0. The molecule has 2 atom stereocenters. The SMILES string of the molecule is C[C@H]1C[C@H](C)CN(S(=O)(=O)c2ccc(C(=O)N3CCc4ccccc4C3)cc2)C1. The Labute approximate surface area is 173 Å². The van der Waals surface area contributed by atoms with Crippen LogP contribution in [0.2, 0.25) is 0 Å². The predicted molar refractivity (Wildman–Crippen MR) is 113 cm³/mol. The van der Waals surface area contributed by atoms with Gasteiger partial charge in [-0.1, -0.05) is 38.1 Å². The van der Waals surface area contributed by atoms with Gasteiger partial charge >= 0.3 is 0 Å². The predicted octanol–water partition coefficient (Wildman–Crippen LogP) is 3.55. The first-order chi connectivity index (χ1) is 13.8. The number of nitrogens with zero attached hydrogens (tertiary/aromatic N) is 2. The molecule has 5 nitrogen and oxygen atoms in total. The maximum absolute atomic E-state index is 13.0. The molecule has 6 heteroatoms. The molecule has 0 radical (unpaired) electrons. The molecule has 0 spiro atoms. The second-order valence-corrected chi connectivity index (χ2v) is 10.5. The molecule has 29 heavy (non-hydrogen) atoms. The third-order valence-corrected chi connectivity index (χ3v) is 7.84. The van der Waals surface area contributed by atoms with Crippen LogP contribution in [0, 0.1) is 11.8 Å². The highest BCUT2D eigenvalue weighted by Crippen LogP contribution is 2.27. The topological polar surface area (TPSA) is 57.7 Å². The fourth-order valence-corrected chi connectivity index (χ4v) is 6.25. The molecule has 2 aliphatic rings. The molecule has 0 N–H and O–H groups in total. The van der Waals surface area contributed by atoms with Gasteiger partial charge in [0.25, 0.3) is 5.91 Å². The van der Waals surface area contributed by atoms with Gasteiger partial charge in [-0.05, 0) is 60.1 Å². The Bertz CT molecular complexity index is 991. The number of hydrogen-bond acceptors (Lipinski definition) is 3. The second kappa shape index (κ2) is 7.92. The van der Waals surface area contributed by atoms with Crippen molar-refractivity contribution in [3.63, 3.8) is 0 Å². The first kappa shape index (κ1) is 20.1. The van der Waals surface area contributed by atoms with E-state index in [-0.39, 0.29) is 10.8 Å². The average molecular weight is 413 g/mol. The van der Waals surface area contributed by atoms with Gasteiger partial charge in [0.2, 0.25) is 10.0 Å². The minimum atomic E-state index is -3.53. The molecule has 154 valence electrons. The second-order valence-electron chi connectivity index (χ2n) is 8.54. The summed E-state index contributed by atoms with van der Waals surface area (Å²) in [6.45, 7) is 6.58. The maximum atomic E-state index is 13.0. The summed E-state index contributed by atoms with van der Waals surface area (Å²) in [7, 11) is -3.53. The van der Waals surface area contributed by atoms with Crippen LogP contribution >= 0.6 is 0 Å². The van der Waals surface area contributed by atoms with Gasteiger partial charge in [0, 0.05) is 31.7 Å². The monoisotopic (exact) mass is 412 g/mol. The standard InChI is InChI=1S/C23H28N2O3S/c1-17-13-18(2)15-25(14-17)29(27,28)22-9-7-20(8-10-22)23(26)24-12-11-19-5-3-4-6-21(19)16-24/h3-10,17-18H,11-16H2,1-2H3/t17-,18-/m0/s1. The molecule has 2 aromatic rings. The van der Waals surface area contributed by atoms with Crippen molar-refractivity contribution in [3.05, 3.63) is 65.2 Å². The van der Waals surface area contributed by atoms with E-state index < -0.39 is 10.0 Å². The summed E-state index contributed by atoms with van der Waals surface area (Å²) in [6, 6.07) is 14.6. The molecule has 2 heterocycles. The van der Waals surface area contributed by atoms with Crippen molar-refractivity contribution in [2.75, 3.05) is 19.6 Å². The number of rotatable bonds is 3. The molecule has 1 amide bonds. The van der Waals surface area contributed by atoms with Crippen LogP contribution < -0.4 is 0 Å². The Balaban J connectivity index is 1.50. The highest BCUT2D eigenvalue weighted by molar-refractivity contribution is 7.89. The van der Waals surface area contributed by atoms with Gasteiger partial charge in [0.15, 0.2) is 0 Å². The Morgan fingerprint density at radius 2 is 1.55 bits per heavy atom. The van der Waals surface area contributed by atoms with Gasteiger partial charge < -0.3 is 4.90 Å². The summed E-state index contributed by atoms with van der Waals surface area (Å²) in [6.07, 6.45) is 1.90. The molecule has 0 unspecified atom stereocenters. The number of piperidine rings is 1. The van der Waals surface area contributed by atoms with Crippen molar-refractivity contribution in [3.8, 4) is 0 Å². The summed E-state index contributed by atoms with van der Waals surface area (Å²) < 4.78 is 27.6. The van der Waals surface area contributed by atoms with Gasteiger partial charge in [0.05, 0.1) is 4.90 Å². The quantitative estimate of drug-likeness (QED) is 0.775. The van der Waals surface area contributed by atoms with Crippen molar-refractivity contribution in [2.45, 2.75) is 38.1 Å². The van der Waals surface area contributed by atoms with Crippen LogP contribution in [0.3, 0.4) is 0 Å². The molecule has 2 aromatic carbocycles. The van der Waals surface area contributed by atoms with Crippen molar-refractivity contribution < 1.29 is 13.2 Å². The summed E-state index contributed by atoms with van der Waals surface area (Å²) in [4.78, 5) is 15.0. The van der Waals surface area contributed by atoms with Crippen LogP contribution in [0.1, 0.15) is 41.8 Å². The van der Waals surface area contributed by atoms with E-state index in [0.717, 1.165) is 12.8 Å². The molecule has 0 aliphatic carbocycles. The lowest BCUT2D eigenvalue weighted by Gasteiger charge is -2.34. The van der Waals surface area contributed by atoms with E-state index in [4.69, 9.17) is 0 Å². The average Bonchev–Trinajstić information content (AvgIpc) is 2.72. The van der Waals surface area contributed by atoms with E-state index in [1.165, 1.54) is 11.1 Å². The molecule has 1 saturated heterocycles. The number of fused-ring (bicyclic) bond motifs is 1. The zero-order valence-electron chi connectivity index (χ0n) is 17.0. The van der Waals surface area contributed by atoms with E-state index in [9.17, 15) is 13.2 Å². The van der Waals surface area contributed by atoms with E-state index in [1.807, 2.05) is 17.0 Å². The third-order valence-electron chi connectivity index (χ3n) is 5.99. The van der Waals surface area contributed by atoms with Gasteiger partial charge in [-0.3, -0.25) is 4.79 Å². The Hall–Kier alpha value is -2.18. The van der Waals surface area contributed by atoms with Crippen LogP contribution in [-0.4, -0.2) is 43.2 Å².